The van der Waals surface area contributed by atoms with Crippen LogP contribution in [0.2, 0.25) is 0 Å². The van der Waals surface area contributed by atoms with Crippen molar-refractivity contribution in [1.82, 2.24) is 14.8 Å². The number of aromatic nitrogens is 1. The van der Waals surface area contributed by atoms with Crippen LogP contribution in [-0.4, -0.2) is 52.8 Å². The molecule has 29 heavy (non-hydrogen) atoms. The predicted molar refractivity (Wildman–Crippen MR) is 118 cm³/mol. The number of thiol groups is 1. The van der Waals surface area contributed by atoms with Gasteiger partial charge >= 0.3 is 0 Å². The first-order chi connectivity index (χ1) is 13.9. The fraction of sp³-hybridized carbons (Fsp3) is 0.364. The molecule has 0 saturated heterocycles. The van der Waals surface area contributed by atoms with Gasteiger partial charge in [-0.3, -0.25) is 9.59 Å². The number of amides is 2. The van der Waals surface area contributed by atoms with Gasteiger partial charge in [0.25, 0.3) is 11.8 Å². The van der Waals surface area contributed by atoms with Gasteiger partial charge in [-0.15, -0.1) is 12.6 Å². The van der Waals surface area contributed by atoms with E-state index in [0.717, 1.165) is 64.8 Å². The maximum Gasteiger partial charge on any atom is 0.256 e. The van der Waals surface area contributed by atoms with E-state index in [1.807, 2.05) is 36.1 Å². The second kappa shape index (κ2) is 7.72. The molecule has 2 aromatic rings. The van der Waals surface area contributed by atoms with Crippen LogP contribution in [0.3, 0.4) is 0 Å². The standard InChI is InChI=1S/C22H26N4O2S/c1-4-25(5-2)8-9-26-12-19-20(22(26)28)13(3)18(23-19)11-16-15-10-14(29)6-7-17(15)24-21(16)27/h6-7,10-11,23,29H,4-5,8-9,12H2,1-3H3,(H,24,27)/b16-11-. The van der Waals surface area contributed by atoms with E-state index in [1.165, 1.54) is 0 Å². The van der Waals surface area contributed by atoms with Crippen LogP contribution in [0.15, 0.2) is 23.1 Å². The smallest absolute Gasteiger partial charge is 0.256 e. The second-order valence-corrected chi connectivity index (χ2v) is 8.03. The monoisotopic (exact) mass is 410 g/mol. The summed E-state index contributed by atoms with van der Waals surface area (Å²) in [6.07, 6.45) is 1.84. The zero-order valence-corrected chi connectivity index (χ0v) is 17.9. The van der Waals surface area contributed by atoms with Gasteiger partial charge in [-0.1, -0.05) is 13.8 Å². The Morgan fingerprint density at radius 1 is 1.24 bits per heavy atom. The molecule has 3 heterocycles. The van der Waals surface area contributed by atoms with E-state index in [4.69, 9.17) is 0 Å². The normalized spacial score (nSPS) is 16.7. The van der Waals surface area contributed by atoms with Crippen molar-refractivity contribution >= 4 is 41.8 Å². The molecule has 2 aliphatic heterocycles. The topological polar surface area (TPSA) is 68.4 Å². The molecular weight excluding hydrogens is 384 g/mol. The number of nitrogens with one attached hydrogen (secondary N) is 2. The summed E-state index contributed by atoms with van der Waals surface area (Å²) in [7, 11) is 0. The molecule has 4 rings (SSSR count). The van der Waals surface area contributed by atoms with E-state index in [2.05, 4.69) is 41.7 Å². The first-order valence-electron chi connectivity index (χ1n) is 10.0. The minimum atomic E-state index is -0.139. The third kappa shape index (κ3) is 3.49. The van der Waals surface area contributed by atoms with Crippen LogP contribution in [0.25, 0.3) is 11.6 Å². The largest absolute Gasteiger partial charge is 0.357 e. The third-order valence-corrected chi connectivity index (χ3v) is 6.15. The van der Waals surface area contributed by atoms with Crippen molar-refractivity contribution in [3.63, 3.8) is 0 Å². The van der Waals surface area contributed by atoms with Crippen molar-refractivity contribution in [2.45, 2.75) is 32.2 Å². The van der Waals surface area contributed by atoms with Crippen LogP contribution in [0.1, 0.15) is 46.7 Å². The molecule has 0 spiro atoms. The summed E-state index contributed by atoms with van der Waals surface area (Å²) in [4.78, 5) is 33.8. The second-order valence-electron chi connectivity index (χ2n) is 7.51. The highest BCUT2D eigenvalue weighted by Gasteiger charge is 2.33. The van der Waals surface area contributed by atoms with Gasteiger partial charge in [0.05, 0.1) is 17.7 Å². The lowest BCUT2D eigenvalue weighted by atomic mass is 10.0. The van der Waals surface area contributed by atoms with Crippen LogP contribution >= 0.6 is 12.6 Å². The van der Waals surface area contributed by atoms with E-state index >= 15 is 0 Å². The number of fused-ring (bicyclic) bond motifs is 2. The summed E-state index contributed by atoms with van der Waals surface area (Å²) in [5, 5.41) is 2.88. The number of carbonyl (C=O) groups is 2. The fourth-order valence-electron chi connectivity index (χ4n) is 4.10. The lowest BCUT2D eigenvalue weighted by molar-refractivity contribution is -0.110. The molecule has 152 valence electrons. The zero-order chi connectivity index (χ0) is 20.7. The van der Waals surface area contributed by atoms with Gasteiger partial charge in [0.1, 0.15) is 0 Å². The lowest BCUT2D eigenvalue weighted by Gasteiger charge is -2.22. The Balaban J connectivity index is 1.59. The Hall–Kier alpha value is -2.51. The molecule has 0 bridgehead atoms. The zero-order valence-electron chi connectivity index (χ0n) is 17.0. The summed E-state index contributed by atoms with van der Waals surface area (Å²) in [6.45, 7) is 10.4. The molecule has 2 amide bonds. The summed E-state index contributed by atoms with van der Waals surface area (Å²) in [6, 6.07) is 5.59. The average molecular weight is 411 g/mol. The molecule has 0 saturated carbocycles. The molecule has 6 nitrogen and oxygen atoms in total. The van der Waals surface area contributed by atoms with Crippen molar-refractivity contribution < 1.29 is 9.59 Å². The van der Waals surface area contributed by atoms with Gasteiger partial charge in [0.2, 0.25) is 0 Å². The summed E-state index contributed by atoms with van der Waals surface area (Å²) < 4.78 is 0. The van der Waals surface area contributed by atoms with Gasteiger partial charge < -0.3 is 20.1 Å². The number of hydrogen-bond donors (Lipinski definition) is 3. The number of carbonyl (C=O) groups excluding carboxylic acids is 2. The van der Waals surface area contributed by atoms with Crippen molar-refractivity contribution in [2.75, 3.05) is 31.5 Å². The van der Waals surface area contributed by atoms with E-state index < -0.39 is 0 Å². The highest BCUT2D eigenvalue weighted by molar-refractivity contribution is 7.80. The number of hydrogen-bond acceptors (Lipinski definition) is 4. The quantitative estimate of drug-likeness (QED) is 0.505. The predicted octanol–water partition coefficient (Wildman–Crippen LogP) is 3.40. The first kappa shape index (κ1) is 19.8. The Kier molecular flexibility index (Phi) is 5.27. The molecule has 0 aliphatic carbocycles. The minimum absolute atomic E-state index is 0.0690. The Morgan fingerprint density at radius 3 is 2.69 bits per heavy atom. The maximum absolute atomic E-state index is 12.9. The van der Waals surface area contributed by atoms with E-state index in [9.17, 15) is 9.59 Å². The van der Waals surface area contributed by atoms with Crippen LogP contribution in [0, 0.1) is 6.92 Å². The number of nitrogens with zero attached hydrogens (tertiary/aromatic N) is 2. The van der Waals surface area contributed by atoms with Crippen LogP contribution in [0.5, 0.6) is 0 Å². The number of anilines is 1. The van der Waals surface area contributed by atoms with Gasteiger partial charge in [0, 0.05) is 40.6 Å². The number of benzene rings is 1. The summed E-state index contributed by atoms with van der Waals surface area (Å²) in [5.74, 6) is -0.0697. The highest BCUT2D eigenvalue weighted by Crippen LogP contribution is 2.36. The molecule has 0 atom stereocenters. The number of likely N-dealkylation sites (N-methyl/N-ethyl adjacent to an activating group) is 1. The van der Waals surface area contributed by atoms with Gasteiger partial charge in [0.15, 0.2) is 0 Å². The Bertz CT molecular complexity index is 1020. The number of aromatic amines is 1. The molecular formula is C22H26N4O2S. The maximum atomic E-state index is 12.9. The van der Waals surface area contributed by atoms with Gasteiger partial charge in [-0.05, 0) is 49.9 Å². The summed E-state index contributed by atoms with van der Waals surface area (Å²) in [5.41, 5.74) is 5.60. The fourth-order valence-corrected chi connectivity index (χ4v) is 4.30. The van der Waals surface area contributed by atoms with Crippen molar-refractivity contribution in [1.29, 1.82) is 0 Å². The van der Waals surface area contributed by atoms with Crippen molar-refractivity contribution in [3.8, 4) is 0 Å². The van der Waals surface area contributed by atoms with Crippen LogP contribution < -0.4 is 5.32 Å². The molecule has 7 heteroatoms. The lowest BCUT2D eigenvalue weighted by Crippen LogP contribution is -2.35. The summed E-state index contributed by atoms with van der Waals surface area (Å²) >= 11 is 4.39. The Labute approximate surface area is 176 Å². The van der Waals surface area contributed by atoms with Gasteiger partial charge in [-0.2, -0.15) is 0 Å². The van der Waals surface area contributed by atoms with E-state index in [1.54, 1.807) is 0 Å². The van der Waals surface area contributed by atoms with Crippen LogP contribution in [0.4, 0.5) is 5.69 Å². The molecule has 0 fully saturated rings. The molecule has 2 aliphatic rings. The van der Waals surface area contributed by atoms with Crippen molar-refractivity contribution in [2.24, 2.45) is 0 Å². The van der Waals surface area contributed by atoms with Gasteiger partial charge in [-0.25, -0.2) is 0 Å². The Morgan fingerprint density at radius 2 is 2.00 bits per heavy atom. The van der Waals surface area contributed by atoms with Crippen molar-refractivity contribution in [3.05, 3.63) is 46.3 Å². The molecule has 0 unspecified atom stereocenters. The third-order valence-electron chi connectivity index (χ3n) is 5.87. The molecule has 1 aromatic carbocycles. The van der Waals surface area contributed by atoms with E-state index in [0.29, 0.717) is 12.1 Å². The SMILES string of the molecule is CCN(CC)CCN1Cc2[nH]c(/C=C3\C(=O)Nc4ccc(S)cc43)c(C)c2C1=O. The van der Waals surface area contributed by atoms with Crippen LogP contribution in [-0.2, 0) is 11.3 Å². The first-order valence-corrected chi connectivity index (χ1v) is 10.5. The molecule has 0 radical (unpaired) electrons. The molecule has 1 aromatic heterocycles. The number of rotatable bonds is 6. The average Bonchev–Trinajstić information content (AvgIpc) is 3.29. The highest BCUT2D eigenvalue weighted by atomic mass is 32.1. The van der Waals surface area contributed by atoms with E-state index in [-0.39, 0.29) is 11.8 Å². The number of H-pyrrole nitrogens is 1. The minimum Gasteiger partial charge on any atom is -0.357 e. The molecule has 2 N–H and O–H groups in total.